The van der Waals surface area contributed by atoms with Gasteiger partial charge in [0, 0.05) is 6.61 Å². The minimum Gasteiger partial charge on any atom is -0.378 e. The van der Waals surface area contributed by atoms with Gasteiger partial charge in [-0.3, -0.25) is 10.1 Å². The van der Waals surface area contributed by atoms with Crippen molar-refractivity contribution in [3.63, 3.8) is 0 Å². The van der Waals surface area contributed by atoms with Crippen molar-refractivity contribution in [3.05, 3.63) is 0 Å². The molecule has 0 spiro atoms. The van der Waals surface area contributed by atoms with Crippen molar-refractivity contribution in [3.8, 4) is 6.19 Å². The van der Waals surface area contributed by atoms with Crippen LogP contribution in [0.4, 0.5) is 0 Å². The number of nitrogens with zero attached hydrogens (tertiary/aromatic N) is 1. The van der Waals surface area contributed by atoms with Crippen molar-refractivity contribution < 1.29 is 9.53 Å². The van der Waals surface area contributed by atoms with Crippen LogP contribution in [0.15, 0.2) is 0 Å². The molecule has 0 aliphatic carbocycles. The summed E-state index contributed by atoms with van der Waals surface area (Å²) in [6.07, 6.45) is 2.27. The molecule has 1 saturated heterocycles. The molecule has 60 valence electrons. The smallest absolute Gasteiger partial charge is 0.238 e. The first-order valence-corrected chi connectivity index (χ1v) is 3.56. The number of hydrogen-bond acceptors (Lipinski definition) is 3. The number of nitriles is 1. The first-order chi connectivity index (χ1) is 5.25. The van der Waals surface area contributed by atoms with Crippen LogP contribution in [0, 0.1) is 17.4 Å². The summed E-state index contributed by atoms with van der Waals surface area (Å²) >= 11 is 0. The van der Waals surface area contributed by atoms with E-state index >= 15 is 0 Å². The lowest BCUT2D eigenvalue weighted by molar-refractivity contribution is -0.125. The number of hydrogen-bond donors (Lipinski definition) is 1. The summed E-state index contributed by atoms with van der Waals surface area (Å²) in [4.78, 5) is 11.0. The second kappa shape index (κ2) is 3.35. The van der Waals surface area contributed by atoms with Crippen molar-refractivity contribution in [2.45, 2.75) is 19.4 Å². The summed E-state index contributed by atoms with van der Waals surface area (Å²) in [5, 5.41) is 10.3. The fraction of sp³-hybridized carbons (Fsp3) is 0.714. The molecular formula is C7H10N2O2. The van der Waals surface area contributed by atoms with E-state index in [0.717, 1.165) is 0 Å². The van der Waals surface area contributed by atoms with E-state index in [0.29, 0.717) is 13.0 Å². The number of carbonyl (C=O) groups is 1. The fourth-order valence-electron chi connectivity index (χ4n) is 1.22. The Balaban J connectivity index is 2.47. The summed E-state index contributed by atoms with van der Waals surface area (Å²) in [7, 11) is 0. The molecule has 0 bridgehead atoms. The molecule has 0 saturated carbocycles. The molecule has 4 nitrogen and oxygen atoms in total. The highest BCUT2D eigenvalue weighted by Crippen LogP contribution is 2.19. The molecule has 1 amide bonds. The van der Waals surface area contributed by atoms with Crippen LogP contribution >= 0.6 is 0 Å². The Morgan fingerprint density at radius 1 is 1.82 bits per heavy atom. The van der Waals surface area contributed by atoms with E-state index in [1.165, 1.54) is 0 Å². The number of rotatable bonds is 1. The summed E-state index contributed by atoms with van der Waals surface area (Å²) in [5.74, 6) is -0.368. The van der Waals surface area contributed by atoms with Gasteiger partial charge in [-0.1, -0.05) is 0 Å². The zero-order valence-corrected chi connectivity index (χ0v) is 6.33. The van der Waals surface area contributed by atoms with Gasteiger partial charge < -0.3 is 4.74 Å². The van der Waals surface area contributed by atoms with Crippen molar-refractivity contribution in [1.29, 1.82) is 5.26 Å². The van der Waals surface area contributed by atoms with Gasteiger partial charge in [0.05, 0.1) is 12.0 Å². The predicted octanol–water partition coefficient (Wildman–Crippen LogP) is 0.00868. The number of nitrogens with one attached hydrogen (secondary N) is 1. The molecule has 1 fully saturated rings. The van der Waals surface area contributed by atoms with Gasteiger partial charge in [-0.25, -0.2) is 0 Å². The number of carbonyl (C=O) groups excluding carboxylic acids is 1. The highest BCUT2D eigenvalue weighted by atomic mass is 16.5. The maximum Gasteiger partial charge on any atom is 0.238 e. The first-order valence-electron chi connectivity index (χ1n) is 3.56. The van der Waals surface area contributed by atoms with E-state index in [1.54, 1.807) is 6.19 Å². The third-order valence-corrected chi connectivity index (χ3v) is 1.89. The topological polar surface area (TPSA) is 62.1 Å². The van der Waals surface area contributed by atoms with Gasteiger partial charge in [0.2, 0.25) is 5.91 Å². The Labute approximate surface area is 65.1 Å². The third-order valence-electron chi connectivity index (χ3n) is 1.89. The van der Waals surface area contributed by atoms with Gasteiger partial charge >= 0.3 is 0 Å². The molecule has 0 radical (unpaired) electrons. The molecule has 1 aliphatic rings. The maximum absolute atomic E-state index is 11.0. The maximum atomic E-state index is 11.0. The molecule has 2 atom stereocenters. The van der Waals surface area contributed by atoms with Gasteiger partial charge in [0.1, 0.15) is 0 Å². The Morgan fingerprint density at radius 3 is 3.00 bits per heavy atom. The summed E-state index contributed by atoms with van der Waals surface area (Å²) < 4.78 is 5.16. The van der Waals surface area contributed by atoms with Crippen molar-refractivity contribution in [1.82, 2.24) is 5.32 Å². The quantitative estimate of drug-likeness (QED) is 0.427. The minimum atomic E-state index is -0.225. The van der Waals surface area contributed by atoms with E-state index in [4.69, 9.17) is 10.00 Å². The largest absolute Gasteiger partial charge is 0.378 e. The van der Waals surface area contributed by atoms with Gasteiger partial charge in [-0.05, 0) is 13.3 Å². The summed E-state index contributed by atoms with van der Waals surface area (Å²) in [6.45, 7) is 2.46. The van der Waals surface area contributed by atoms with E-state index in [-0.39, 0.29) is 17.9 Å². The monoisotopic (exact) mass is 154 g/mol. The highest BCUT2D eigenvalue weighted by Gasteiger charge is 2.30. The molecule has 11 heavy (non-hydrogen) atoms. The van der Waals surface area contributed by atoms with E-state index in [1.807, 2.05) is 6.92 Å². The number of amides is 1. The van der Waals surface area contributed by atoms with Crippen LogP contribution in [0.25, 0.3) is 0 Å². The zero-order chi connectivity index (χ0) is 8.27. The Bertz CT molecular complexity index is 197. The van der Waals surface area contributed by atoms with E-state index < -0.39 is 0 Å². The first kappa shape index (κ1) is 8.02. The molecule has 0 aromatic heterocycles. The van der Waals surface area contributed by atoms with Gasteiger partial charge in [0.25, 0.3) is 0 Å². The Kier molecular flexibility index (Phi) is 2.44. The van der Waals surface area contributed by atoms with Crippen LogP contribution in [0.5, 0.6) is 0 Å². The van der Waals surface area contributed by atoms with Crippen LogP contribution in [-0.2, 0) is 9.53 Å². The van der Waals surface area contributed by atoms with Gasteiger partial charge in [-0.15, -0.1) is 0 Å². The van der Waals surface area contributed by atoms with Crippen LogP contribution in [0.3, 0.4) is 0 Å². The Morgan fingerprint density at radius 2 is 2.55 bits per heavy atom. The molecular weight excluding hydrogens is 144 g/mol. The predicted molar refractivity (Wildman–Crippen MR) is 37.3 cm³/mol. The molecule has 1 N–H and O–H groups in total. The standard InChI is InChI=1S/C7H10N2O2/c1-5-6(2-3-11-5)7(10)9-4-8/h5-6H,2-3H2,1H3,(H,9,10). The van der Waals surface area contributed by atoms with Crippen molar-refractivity contribution >= 4 is 5.91 Å². The number of ether oxygens (including phenoxy) is 1. The molecule has 1 heterocycles. The fourth-order valence-corrected chi connectivity index (χ4v) is 1.22. The molecule has 1 aliphatic heterocycles. The molecule has 2 unspecified atom stereocenters. The normalized spacial score (nSPS) is 29.5. The molecule has 0 aromatic rings. The van der Waals surface area contributed by atoms with Crippen LogP contribution in [0.1, 0.15) is 13.3 Å². The zero-order valence-electron chi connectivity index (χ0n) is 6.33. The molecule has 0 aromatic carbocycles. The lowest BCUT2D eigenvalue weighted by Gasteiger charge is -2.09. The molecule has 4 heteroatoms. The van der Waals surface area contributed by atoms with Crippen LogP contribution < -0.4 is 5.32 Å². The highest BCUT2D eigenvalue weighted by molar-refractivity contribution is 5.80. The van der Waals surface area contributed by atoms with Crippen LogP contribution in [-0.4, -0.2) is 18.6 Å². The van der Waals surface area contributed by atoms with E-state index in [2.05, 4.69) is 5.32 Å². The van der Waals surface area contributed by atoms with Crippen LogP contribution in [0.2, 0.25) is 0 Å². The van der Waals surface area contributed by atoms with Crippen molar-refractivity contribution in [2.24, 2.45) is 5.92 Å². The van der Waals surface area contributed by atoms with E-state index in [9.17, 15) is 4.79 Å². The van der Waals surface area contributed by atoms with Crippen molar-refractivity contribution in [2.75, 3.05) is 6.61 Å². The second-order valence-corrected chi connectivity index (χ2v) is 2.57. The lowest BCUT2D eigenvalue weighted by Crippen LogP contribution is -2.31. The SMILES string of the molecule is CC1OCCC1C(=O)NC#N. The second-order valence-electron chi connectivity index (χ2n) is 2.57. The third kappa shape index (κ3) is 1.69. The Hall–Kier alpha value is -1.08. The summed E-state index contributed by atoms with van der Waals surface area (Å²) in [5.41, 5.74) is 0. The average Bonchev–Trinajstić information content (AvgIpc) is 2.36. The molecule has 1 rings (SSSR count). The average molecular weight is 154 g/mol. The lowest BCUT2D eigenvalue weighted by atomic mass is 10.0. The van der Waals surface area contributed by atoms with Gasteiger partial charge in [0.15, 0.2) is 6.19 Å². The minimum absolute atomic E-state index is 0.0525. The van der Waals surface area contributed by atoms with Gasteiger partial charge in [-0.2, -0.15) is 5.26 Å². The summed E-state index contributed by atoms with van der Waals surface area (Å²) in [6, 6.07) is 0.